The van der Waals surface area contributed by atoms with Gasteiger partial charge in [-0.3, -0.25) is 4.79 Å². The highest BCUT2D eigenvalue weighted by atomic mass is 16.5. The molecule has 0 bridgehead atoms. The fourth-order valence-electron chi connectivity index (χ4n) is 2.69. The molecule has 1 aromatic carbocycles. The number of anilines is 1. The van der Waals surface area contributed by atoms with Gasteiger partial charge in [0.1, 0.15) is 11.6 Å². The number of hydrogen-bond acceptors (Lipinski definition) is 5. The summed E-state index contributed by atoms with van der Waals surface area (Å²) in [5.74, 6) is 0. The van der Waals surface area contributed by atoms with E-state index in [4.69, 9.17) is 4.74 Å². The quantitative estimate of drug-likeness (QED) is 0.701. The second-order valence-corrected chi connectivity index (χ2v) is 5.64. The number of aromatic nitrogens is 1. The Hall–Kier alpha value is -2.36. The van der Waals surface area contributed by atoms with Crippen LogP contribution in [0.1, 0.15) is 18.1 Å². The molecule has 0 atom stereocenters. The molecular weight excluding hydrogens is 292 g/mol. The highest BCUT2D eigenvalue weighted by molar-refractivity contribution is 5.94. The van der Waals surface area contributed by atoms with Crippen molar-refractivity contribution in [1.82, 2.24) is 10.3 Å². The van der Waals surface area contributed by atoms with Crippen molar-refractivity contribution in [2.24, 2.45) is 0 Å². The van der Waals surface area contributed by atoms with Crippen molar-refractivity contribution >= 4 is 16.6 Å². The van der Waals surface area contributed by atoms with Gasteiger partial charge in [-0.1, -0.05) is 12.1 Å². The molecule has 0 aliphatic carbocycles. The number of nitriles is 1. The molecule has 2 heterocycles. The van der Waals surface area contributed by atoms with E-state index in [-0.39, 0.29) is 17.2 Å². The lowest BCUT2D eigenvalue weighted by Crippen LogP contribution is -2.51. The highest BCUT2D eigenvalue weighted by Crippen LogP contribution is 2.25. The van der Waals surface area contributed by atoms with Crippen molar-refractivity contribution in [2.75, 3.05) is 31.6 Å². The van der Waals surface area contributed by atoms with E-state index in [0.29, 0.717) is 18.9 Å². The molecule has 0 radical (unpaired) electrons. The molecule has 0 amide bonds. The molecule has 1 aliphatic heterocycles. The van der Waals surface area contributed by atoms with Crippen LogP contribution in [-0.2, 0) is 11.2 Å². The molecule has 0 spiro atoms. The van der Waals surface area contributed by atoms with Crippen LogP contribution >= 0.6 is 0 Å². The molecule has 1 fully saturated rings. The van der Waals surface area contributed by atoms with E-state index in [1.807, 2.05) is 31.2 Å². The van der Waals surface area contributed by atoms with E-state index in [0.717, 1.165) is 36.0 Å². The lowest BCUT2D eigenvalue weighted by molar-refractivity contribution is 0.151. The normalized spacial score (nSPS) is 14.4. The zero-order valence-corrected chi connectivity index (χ0v) is 13.1. The van der Waals surface area contributed by atoms with Crippen LogP contribution in [0.25, 0.3) is 10.9 Å². The molecule has 1 aliphatic rings. The summed E-state index contributed by atoms with van der Waals surface area (Å²) in [4.78, 5) is 15.0. The smallest absolute Gasteiger partial charge is 0.268 e. The monoisotopic (exact) mass is 312 g/mol. The minimum absolute atomic E-state index is 0.145. The van der Waals surface area contributed by atoms with Crippen LogP contribution in [-0.4, -0.2) is 37.3 Å². The van der Waals surface area contributed by atoms with Gasteiger partial charge in [0.2, 0.25) is 0 Å². The second-order valence-electron chi connectivity index (χ2n) is 5.64. The zero-order valence-electron chi connectivity index (χ0n) is 13.1. The minimum Gasteiger partial charge on any atom is -0.381 e. The topological polar surface area (TPSA) is 89.9 Å². The highest BCUT2D eigenvalue weighted by Gasteiger charge is 2.20. The Morgan fingerprint density at radius 3 is 2.91 bits per heavy atom. The number of fused-ring (bicyclic) bond motifs is 1. The zero-order chi connectivity index (χ0) is 16.2. The average molecular weight is 312 g/mol. The summed E-state index contributed by atoms with van der Waals surface area (Å²) >= 11 is 0. The van der Waals surface area contributed by atoms with E-state index in [1.165, 1.54) is 0 Å². The molecule has 23 heavy (non-hydrogen) atoms. The number of nitrogens with one attached hydrogen (secondary N) is 3. The van der Waals surface area contributed by atoms with Gasteiger partial charge in [0, 0.05) is 25.1 Å². The summed E-state index contributed by atoms with van der Waals surface area (Å²) < 4.78 is 5.37. The molecule has 6 nitrogen and oxygen atoms in total. The van der Waals surface area contributed by atoms with E-state index in [1.54, 1.807) is 0 Å². The van der Waals surface area contributed by atoms with Gasteiger partial charge < -0.3 is 20.4 Å². The van der Waals surface area contributed by atoms with Crippen LogP contribution in [0.15, 0.2) is 23.0 Å². The summed E-state index contributed by atoms with van der Waals surface area (Å²) in [5, 5.41) is 16.7. The van der Waals surface area contributed by atoms with Crippen molar-refractivity contribution in [3.63, 3.8) is 0 Å². The van der Waals surface area contributed by atoms with Crippen molar-refractivity contribution < 1.29 is 4.74 Å². The Balaban J connectivity index is 2.00. The summed E-state index contributed by atoms with van der Waals surface area (Å²) in [6.45, 7) is 4.99. The Morgan fingerprint density at radius 2 is 2.26 bits per heavy atom. The van der Waals surface area contributed by atoms with Gasteiger partial charge in [0.05, 0.1) is 23.9 Å². The third-order valence-corrected chi connectivity index (χ3v) is 4.06. The maximum absolute atomic E-state index is 12.2. The Kier molecular flexibility index (Phi) is 4.60. The first-order chi connectivity index (χ1) is 11.2. The van der Waals surface area contributed by atoms with Crippen LogP contribution in [0.2, 0.25) is 0 Å². The molecule has 1 saturated heterocycles. The number of aromatic amines is 1. The van der Waals surface area contributed by atoms with Crippen LogP contribution in [0.4, 0.5) is 5.69 Å². The van der Waals surface area contributed by atoms with Gasteiger partial charge in [-0.05, 0) is 25.0 Å². The van der Waals surface area contributed by atoms with Gasteiger partial charge in [-0.2, -0.15) is 5.26 Å². The summed E-state index contributed by atoms with van der Waals surface area (Å²) in [7, 11) is 0. The maximum atomic E-state index is 12.2. The van der Waals surface area contributed by atoms with Gasteiger partial charge in [-0.25, -0.2) is 0 Å². The summed E-state index contributed by atoms with van der Waals surface area (Å²) in [6.07, 6.45) is 0.793. The largest absolute Gasteiger partial charge is 0.381 e. The first-order valence-corrected chi connectivity index (χ1v) is 7.87. The maximum Gasteiger partial charge on any atom is 0.268 e. The van der Waals surface area contributed by atoms with Gasteiger partial charge >= 0.3 is 0 Å². The number of hydrogen-bond donors (Lipinski definition) is 3. The fraction of sp³-hybridized carbons (Fsp3) is 0.412. The third-order valence-electron chi connectivity index (χ3n) is 4.06. The van der Waals surface area contributed by atoms with Crippen molar-refractivity contribution in [2.45, 2.75) is 19.4 Å². The third kappa shape index (κ3) is 3.21. The molecular formula is C17H20N4O2. The minimum atomic E-state index is -0.350. The first-order valence-electron chi connectivity index (χ1n) is 7.87. The molecule has 6 heteroatoms. The van der Waals surface area contributed by atoms with E-state index in [2.05, 4.69) is 15.6 Å². The molecule has 2 aromatic rings. The number of nitrogens with zero attached hydrogens (tertiary/aromatic N) is 1. The van der Waals surface area contributed by atoms with Crippen LogP contribution in [0.3, 0.4) is 0 Å². The molecule has 0 unspecified atom stereocenters. The number of rotatable bonds is 6. The van der Waals surface area contributed by atoms with E-state index < -0.39 is 0 Å². The predicted octanol–water partition coefficient (Wildman–Crippen LogP) is 1.36. The fourth-order valence-corrected chi connectivity index (χ4v) is 2.69. The Morgan fingerprint density at radius 1 is 1.43 bits per heavy atom. The molecule has 3 N–H and O–H groups in total. The molecule has 1 aromatic heterocycles. The average Bonchev–Trinajstić information content (AvgIpc) is 2.50. The lowest BCUT2D eigenvalue weighted by Gasteiger charge is -2.29. The molecule has 120 valence electrons. The summed E-state index contributed by atoms with van der Waals surface area (Å²) in [5.41, 5.74) is 2.28. The number of H-pyrrole nitrogens is 1. The second kappa shape index (κ2) is 6.82. The van der Waals surface area contributed by atoms with Crippen LogP contribution in [0.5, 0.6) is 0 Å². The van der Waals surface area contributed by atoms with Crippen molar-refractivity contribution in [3.05, 3.63) is 39.7 Å². The standard InChI is InChI=1S/C17H20N4O2/c1-2-23-6-5-11-3-4-13-15(7-11)21-17(22)14(8-18)16(13)20-12-9-19-10-12/h3-4,7,12,19H,2,5-6,9-10H2,1H3,(H2,20,21,22). The first kappa shape index (κ1) is 15.5. The van der Waals surface area contributed by atoms with Gasteiger partial charge in [-0.15, -0.1) is 0 Å². The van der Waals surface area contributed by atoms with Crippen LogP contribution in [0, 0.1) is 11.3 Å². The van der Waals surface area contributed by atoms with Crippen molar-refractivity contribution in [3.8, 4) is 6.07 Å². The number of benzene rings is 1. The SMILES string of the molecule is CCOCCc1ccc2c(NC3CNC3)c(C#N)c(=O)[nH]c2c1. The van der Waals surface area contributed by atoms with E-state index >= 15 is 0 Å². The number of pyridine rings is 1. The molecule has 0 saturated carbocycles. The number of ether oxygens (including phenoxy) is 1. The van der Waals surface area contributed by atoms with Gasteiger partial charge in [0.15, 0.2) is 0 Å². The lowest BCUT2D eigenvalue weighted by atomic mass is 10.0. The van der Waals surface area contributed by atoms with Crippen LogP contribution < -0.4 is 16.2 Å². The van der Waals surface area contributed by atoms with Gasteiger partial charge in [0.25, 0.3) is 5.56 Å². The predicted molar refractivity (Wildman–Crippen MR) is 89.8 cm³/mol. The Labute approximate surface area is 134 Å². The summed E-state index contributed by atoms with van der Waals surface area (Å²) in [6, 6.07) is 8.21. The molecule has 3 rings (SSSR count). The van der Waals surface area contributed by atoms with E-state index in [9.17, 15) is 10.1 Å². The Bertz CT molecular complexity index is 803. The van der Waals surface area contributed by atoms with Crippen molar-refractivity contribution in [1.29, 1.82) is 5.26 Å².